The average Bonchev–Trinajstić information content (AvgIpc) is 2.30. The minimum atomic E-state index is -2.97. The van der Waals surface area contributed by atoms with E-state index >= 15 is 0 Å². The largest absolute Gasteiger partial charge is 0.492 e. The van der Waals surface area contributed by atoms with Crippen molar-refractivity contribution in [2.24, 2.45) is 5.73 Å². The summed E-state index contributed by atoms with van der Waals surface area (Å²) in [6, 6.07) is 5.70. The van der Waals surface area contributed by atoms with Crippen LogP contribution in [0.4, 0.5) is 0 Å². The lowest BCUT2D eigenvalue weighted by Crippen LogP contribution is -2.16. The van der Waals surface area contributed by atoms with Crippen molar-refractivity contribution in [1.29, 1.82) is 0 Å². The van der Waals surface area contributed by atoms with E-state index in [-0.39, 0.29) is 18.1 Å². The number of sulfone groups is 1. The summed E-state index contributed by atoms with van der Waals surface area (Å²) in [5.74, 6) is 0.861. The Labute approximate surface area is 103 Å². The predicted molar refractivity (Wildman–Crippen MR) is 68.9 cm³/mol. The van der Waals surface area contributed by atoms with E-state index in [2.05, 4.69) is 0 Å². The Morgan fingerprint density at radius 1 is 1.35 bits per heavy atom. The van der Waals surface area contributed by atoms with Crippen molar-refractivity contribution in [3.8, 4) is 5.75 Å². The van der Waals surface area contributed by atoms with Gasteiger partial charge in [-0.2, -0.15) is 0 Å². The number of ether oxygens (including phenoxy) is 1. The van der Waals surface area contributed by atoms with Gasteiger partial charge in [0.1, 0.15) is 12.4 Å². The molecule has 1 aromatic carbocycles. The molecule has 0 fully saturated rings. The number of nitrogens with two attached hydrogens (primary N) is 1. The van der Waals surface area contributed by atoms with Crippen molar-refractivity contribution in [3.05, 3.63) is 29.3 Å². The first kappa shape index (κ1) is 14.0. The molecule has 0 saturated carbocycles. The molecule has 17 heavy (non-hydrogen) atoms. The molecule has 1 rings (SSSR count). The number of rotatable bonds is 6. The van der Waals surface area contributed by atoms with Crippen molar-refractivity contribution in [2.75, 3.05) is 18.1 Å². The SMILES string of the molecule is CCS(=O)(=O)CCOc1ccc(C)cc1CN. The fourth-order valence-electron chi connectivity index (χ4n) is 1.43. The van der Waals surface area contributed by atoms with E-state index < -0.39 is 9.84 Å². The lowest BCUT2D eigenvalue weighted by molar-refractivity contribution is 0.337. The number of hydrogen-bond acceptors (Lipinski definition) is 4. The zero-order valence-corrected chi connectivity index (χ0v) is 11.1. The van der Waals surface area contributed by atoms with Gasteiger partial charge < -0.3 is 10.5 Å². The Morgan fingerprint density at radius 3 is 2.65 bits per heavy atom. The molecular formula is C12H19NO3S. The Balaban J connectivity index is 2.64. The smallest absolute Gasteiger partial charge is 0.153 e. The molecule has 0 unspecified atom stereocenters. The van der Waals surface area contributed by atoms with Crippen molar-refractivity contribution < 1.29 is 13.2 Å². The van der Waals surface area contributed by atoms with E-state index in [1.165, 1.54) is 0 Å². The minimum Gasteiger partial charge on any atom is -0.492 e. The molecule has 5 heteroatoms. The predicted octanol–water partition coefficient (Wildman–Crippen LogP) is 1.27. The summed E-state index contributed by atoms with van der Waals surface area (Å²) in [6.07, 6.45) is 0. The zero-order valence-electron chi connectivity index (χ0n) is 10.3. The number of aryl methyl sites for hydroxylation is 1. The van der Waals surface area contributed by atoms with Crippen LogP contribution in [0.1, 0.15) is 18.1 Å². The van der Waals surface area contributed by atoms with Crippen LogP contribution in [0.2, 0.25) is 0 Å². The maximum atomic E-state index is 11.3. The van der Waals surface area contributed by atoms with Crippen LogP contribution in [0.15, 0.2) is 18.2 Å². The maximum Gasteiger partial charge on any atom is 0.153 e. The quantitative estimate of drug-likeness (QED) is 0.833. The molecule has 1 aromatic rings. The van der Waals surface area contributed by atoms with E-state index in [4.69, 9.17) is 10.5 Å². The summed E-state index contributed by atoms with van der Waals surface area (Å²) in [4.78, 5) is 0. The lowest BCUT2D eigenvalue weighted by Gasteiger charge is -2.11. The van der Waals surface area contributed by atoms with E-state index in [0.717, 1.165) is 11.1 Å². The molecule has 0 atom stereocenters. The normalized spacial score (nSPS) is 11.5. The Hall–Kier alpha value is -1.07. The molecule has 2 N–H and O–H groups in total. The van der Waals surface area contributed by atoms with Crippen molar-refractivity contribution >= 4 is 9.84 Å². The van der Waals surface area contributed by atoms with Crippen LogP contribution in [-0.2, 0) is 16.4 Å². The third-order valence-electron chi connectivity index (χ3n) is 2.53. The van der Waals surface area contributed by atoms with Gasteiger partial charge in [0.05, 0.1) is 5.75 Å². The fraction of sp³-hybridized carbons (Fsp3) is 0.500. The summed E-state index contributed by atoms with van der Waals surface area (Å²) in [5, 5.41) is 0. The van der Waals surface area contributed by atoms with Crippen LogP contribution in [0.3, 0.4) is 0 Å². The molecule has 0 aliphatic rings. The van der Waals surface area contributed by atoms with E-state index in [1.54, 1.807) is 6.92 Å². The molecule has 4 nitrogen and oxygen atoms in total. The highest BCUT2D eigenvalue weighted by Gasteiger charge is 2.08. The molecular weight excluding hydrogens is 238 g/mol. The van der Waals surface area contributed by atoms with E-state index in [9.17, 15) is 8.42 Å². The number of hydrogen-bond donors (Lipinski definition) is 1. The van der Waals surface area contributed by atoms with Crippen LogP contribution >= 0.6 is 0 Å². The molecule has 0 aliphatic heterocycles. The van der Waals surface area contributed by atoms with E-state index in [1.807, 2.05) is 25.1 Å². The lowest BCUT2D eigenvalue weighted by atomic mass is 10.1. The second-order valence-electron chi connectivity index (χ2n) is 3.90. The standard InChI is InChI=1S/C12H19NO3S/c1-3-17(14,15)7-6-16-12-5-4-10(2)8-11(12)9-13/h4-5,8H,3,6-7,9,13H2,1-2H3. The van der Waals surface area contributed by atoms with E-state index in [0.29, 0.717) is 12.3 Å². The van der Waals surface area contributed by atoms with Crippen LogP contribution < -0.4 is 10.5 Å². The highest BCUT2D eigenvalue weighted by Crippen LogP contribution is 2.19. The van der Waals surface area contributed by atoms with Gasteiger partial charge in [0, 0.05) is 17.9 Å². The minimum absolute atomic E-state index is 0.0430. The van der Waals surface area contributed by atoms with Crippen molar-refractivity contribution in [1.82, 2.24) is 0 Å². The molecule has 0 saturated heterocycles. The van der Waals surface area contributed by atoms with Crippen LogP contribution in [0, 0.1) is 6.92 Å². The molecule has 0 aromatic heterocycles. The monoisotopic (exact) mass is 257 g/mol. The van der Waals surface area contributed by atoms with Gasteiger partial charge in [-0.1, -0.05) is 24.6 Å². The first-order chi connectivity index (χ1) is 7.98. The second kappa shape index (κ2) is 6.02. The van der Waals surface area contributed by atoms with Gasteiger partial charge in [0.2, 0.25) is 0 Å². The van der Waals surface area contributed by atoms with Gasteiger partial charge in [-0.3, -0.25) is 0 Å². The van der Waals surface area contributed by atoms with Crippen LogP contribution in [-0.4, -0.2) is 26.5 Å². The number of benzene rings is 1. The third kappa shape index (κ3) is 4.36. The highest BCUT2D eigenvalue weighted by molar-refractivity contribution is 7.91. The summed E-state index contributed by atoms with van der Waals surface area (Å²) in [6.45, 7) is 4.17. The van der Waals surface area contributed by atoms with Crippen LogP contribution in [0.25, 0.3) is 0 Å². The van der Waals surface area contributed by atoms with Gasteiger partial charge in [-0.25, -0.2) is 8.42 Å². The first-order valence-electron chi connectivity index (χ1n) is 5.61. The third-order valence-corrected chi connectivity index (χ3v) is 4.20. The molecule has 0 radical (unpaired) electrons. The van der Waals surface area contributed by atoms with Gasteiger partial charge in [-0.05, 0) is 13.0 Å². The van der Waals surface area contributed by atoms with Crippen molar-refractivity contribution in [3.63, 3.8) is 0 Å². The summed E-state index contributed by atoms with van der Waals surface area (Å²) in [5.41, 5.74) is 7.62. The van der Waals surface area contributed by atoms with Gasteiger partial charge in [0.15, 0.2) is 9.84 Å². The zero-order chi connectivity index (χ0) is 12.9. The van der Waals surface area contributed by atoms with Gasteiger partial charge in [-0.15, -0.1) is 0 Å². The molecule has 0 bridgehead atoms. The Kier molecular flexibility index (Phi) is 4.96. The van der Waals surface area contributed by atoms with Gasteiger partial charge in [0.25, 0.3) is 0 Å². The van der Waals surface area contributed by atoms with Crippen LogP contribution in [0.5, 0.6) is 5.75 Å². The highest BCUT2D eigenvalue weighted by atomic mass is 32.2. The average molecular weight is 257 g/mol. The van der Waals surface area contributed by atoms with Crippen molar-refractivity contribution in [2.45, 2.75) is 20.4 Å². The summed E-state index contributed by atoms with van der Waals surface area (Å²) >= 11 is 0. The molecule has 0 heterocycles. The summed E-state index contributed by atoms with van der Waals surface area (Å²) < 4.78 is 28.0. The second-order valence-corrected chi connectivity index (χ2v) is 6.37. The molecule has 0 spiro atoms. The summed E-state index contributed by atoms with van der Waals surface area (Å²) in [7, 11) is -2.97. The fourth-order valence-corrected chi connectivity index (χ4v) is 2.06. The Morgan fingerprint density at radius 2 is 2.06 bits per heavy atom. The molecule has 96 valence electrons. The molecule has 0 aliphatic carbocycles. The van der Waals surface area contributed by atoms with Gasteiger partial charge >= 0.3 is 0 Å². The molecule has 0 amide bonds. The topological polar surface area (TPSA) is 69.4 Å². The maximum absolute atomic E-state index is 11.3. The Bertz CT molecular complexity index is 469. The first-order valence-corrected chi connectivity index (χ1v) is 7.43.